The van der Waals surface area contributed by atoms with Crippen molar-refractivity contribution in [1.82, 2.24) is 5.32 Å². The van der Waals surface area contributed by atoms with Gasteiger partial charge in [-0.1, -0.05) is 32.6 Å². The van der Waals surface area contributed by atoms with E-state index < -0.39 is 0 Å². The molecule has 0 bridgehead atoms. The van der Waals surface area contributed by atoms with Gasteiger partial charge in [0.05, 0.1) is 18.2 Å². The van der Waals surface area contributed by atoms with Gasteiger partial charge in [0.25, 0.3) is 0 Å². The van der Waals surface area contributed by atoms with Crippen molar-refractivity contribution in [3.05, 3.63) is 22.2 Å². The van der Waals surface area contributed by atoms with Gasteiger partial charge < -0.3 is 14.8 Å². The Hall–Kier alpha value is -0.450. The normalized spacial score (nSPS) is 10.2. The fourth-order valence-electron chi connectivity index (χ4n) is 2.25. The van der Waals surface area contributed by atoms with Gasteiger partial charge in [-0.3, -0.25) is 0 Å². The summed E-state index contributed by atoms with van der Waals surface area (Å²) in [5, 5.41) is 3.49. The number of ether oxygens (including phenoxy) is 2. The number of unbranched alkanes of at least 4 members (excludes halogenated alkanes) is 4. The number of hydrogen-bond donors (Lipinski definition) is 1. The molecule has 0 fully saturated rings. The highest BCUT2D eigenvalue weighted by molar-refractivity contribution is 9.10. The first kappa shape index (κ1) is 21.6. The van der Waals surface area contributed by atoms with Gasteiger partial charge in [-0.2, -0.15) is 0 Å². The third-order valence-corrected chi connectivity index (χ3v) is 3.95. The number of methoxy groups -OCH3 is 1. The number of nitrogens with one attached hydrogen (secondary N) is 1. The predicted molar refractivity (Wildman–Crippen MR) is 99.6 cm³/mol. The smallest absolute Gasteiger partial charge is 0.175 e. The first-order valence-corrected chi connectivity index (χ1v) is 8.72. The SMILES string of the molecule is CCCCCCCNCc1cc(Br)c(OCC)c(OC)c1.Cl. The van der Waals surface area contributed by atoms with Gasteiger partial charge in [-0.25, -0.2) is 0 Å². The van der Waals surface area contributed by atoms with Gasteiger partial charge in [0.2, 0.25) is 0 Å². The lowest BCUT2D eigenvalue weighted by molar-refractivity contribution is 0.308. The summed E-state index contributed by atoms with van der Waals surface area (Å²) in [6.45, 7) is 6.77. The van der Waals surface area contributed by atoms with Crippen LogP contribution in [0.1, 0.15) is 51.5 Å². The maximum Gasteiger partial charge on any atom is 0.175 e. The molecular weight excluding hydrogens is 366 g/mol. The van der Waals surface area contributed by atoms with E-state index >= 15 is 0 Å². The molecule has 0 aliphatic carbocycles. The van der Waals surface area contributed by atoms with Gasteiger partial charge in [0.15, 0.2) is 11.5 Å². The number of hydrogen-bond acceptors (Lipinski definition) is 3. The summed E-state index contributed by atoms with van der Waals surface area (Å²) in [7, 11) is 1.68. The Morgan fingerprint density at radius 2 is 1.82 bits per heavy atom. The quantitative estimate of drug-likeness (QED) is 0.514. The van der Waals surface area contributed by atoms with Crippen LogP contribution >= 0.6 is 28.3 Å². The summed E-state index contributed by atoms with van der Waals surface area (Å²) in [5.74, 6) is 1.56. The molecular formula is C17H29BrClNO2. The number of halogens is 2. The molecule has 0 aliphatic rings. The minimum Gasteiger partial charge on any atom is -0.493 e. The maximum absolute atomic E-state index is 5.60. The van der Waals surface area contributed by atoms with Crippen LogP contribution < -0.4 is 14.8 Å². The Labute approximate surface area is 149 Å². The van der Waals surface area contributed by atoms with Crippen molar-refractivity contribution < 1.29 is 9.47 Å². The van der Waals surface area contributed by atoms with Crippen LogP contribution in [0.2, 0.25) is 0 Å². The average Bonchev–Trinajstić information content (AvgIpc) is 2.48. The number of rotatable bonds is 11. The van der Waals surface area contributed by atoms with Gasteiger partial charge in [0.1, 0.15) is 0 Å². The Kier molecular flexibility index (Phi) is 12.8. The van der Waals surface area contributed by atoms with Gasteiger partial charge >= 0.3 is 0 Å². The Morgan fingerprint density at radius 3 is 2.45 bits per heavy atom. The van der Waals surface area contributed by atoms with Crippen molar-refractivity contribution in [2.24, 2.45) is 0 Å². The minimum atomic E-state index is 0. The van der Waals surface area contributed by atoms with E-state index in [1.807, 2.05) is 13.0 Å². The van der Waals surface area contributed by atoms with Crippen LogP contribution in [0.25, 0.3) is 0 Å². The molecule has 1 rings (SSSR count). The highest BCUT2D eigenvalue weighted by atomic mass is 79.9. The molecule has 22 heavy (non-hydrogen) atoms. The van der Waals surface area contributed by atoms with E-state index in [0.717, 1.165) is 29.1 Å². The van der Waals surface area contributed by atoms with Crippen LogP contribution in [0, 0.1) is 0 Å². The van der Waals surface area contributed by atoms with Crippen molar-refractivity contribution >= 4 is 28.3 Å². The lowest BCUT2D eigenvalue weighted by atomic mass is 10.1. The highest BCUT2D eigenvalue weighted by Crippen LogP contribution is 2.36. The number of benzene rings is 1. The molecule has 0 aliphatic heterocycles. The topological polar surface area (TPSA) is 30.5 Å². The van der Waals surface area contributed by atoms with E-state index in [0.29, 0.717) is 6.61 Å². The second-order valence-corrected chi connectivity index (χ2v) is 5.99. The molecule has 1 aromatic rings. The largest absolute Gasteiger partial charge is 0.493 e. The average molecular weight is 395 g/mol. The van der Waals surface area contributed by atoms with E-state index in [1.54, 1.807) is 7.11 Å². The van der Waals surface area contributed by atoms with Crippen molar-refractivity contribution in [3.8, 4) is 11.5 Å². The van der Waals surface area contributed by atoms with E-state index in [9.17, 15) is 0 Å². The fraction of sp³-hybridized carbons (Fsp3) is 0.647. The zero-order valence-electron chi connectivity index (χ0n) is 13.9. The Balaban J connectivity index is 0.00000441. The third kappa shape index (κ3) is 7.70. The van der Waals surface area contributed by atoms with Crippen LogP contribution in [0.5, 0.6) is 11.5 Å². The van der Waals surface area contributed by atoms with E-state index in [2.05, 4.69) is 34.2 Å². The Morgan fingerprint density at radius 1 is 1.09 bits per heavy atom. The maximum atomic E-state index is 5.60. The molecule has 0 heterocycles. The monoisotopic (exact) mass is 393 g/mol. The summed E-state index contributed by atoms with van der Waals surface area (Å²) in [6.07, 6.45) is 6.56. The van der Waals surface area contributed by atoms with Crippen LogP contribution in [0.3, 0.4) is 0 Å². The summed E-state index contributed by atoms with van der Waals surface area (Å²) < 4.78 is 12.0. The van der Waals surface area contributed by atoms with Crippen LogP contribution in [0.4, 0.5) is 0 Å². The first-order valence-electron chi connectivity index (χ1n) is 7.92. The molecule has 0 atom stereocenters. The summed E-state index contributed by atoms with van der Waals surface area (Å²) in [5.41, 5.74) is 1.20. The fourth-order valence-corrected chi connectivity index (χ4v) is 2.85. The van der Waals surface area contributed by atoms with Gasteiger partial charge in [-0.15, -0.1) is 12.4 Å². The zero-order chi connectivity index (χ0) is 15.5. The van der Waals surface area contributed by atoms with Gasteiger partial charge in [-0.05, 0) is 53.5 Å². The predicted octanol–water partition coefficient (Wildman–Crippen LogP) is 5.34. The molecule has 1 aromatic carbocycles. The van der Waals surface area contributed by atoms with Crippen molar-refractivity contribution in [3.63, 3.8) is 0 Å². The van der Waals surface area contributed by atoms with Gasteiger partial charge in [0, 0.05) is 6.54 Å². The van der Waals surface area contributed by atoms with Crippen molar-refractivity contribution in [1.29, 1.82) is 0 Å². The zero-order valence-corrected chi connectivity index (χ0v) is 16.3. The summed E-state index contributed by atoms with van der Waals surface area (Å²) >= 11 is 3.56. The minimum absolute atomic E-state index is 0. The van der Waals surface area contributed by atoms with E-state index in [1.165, 1.54) is 37.7 Å². The Bertz CT molecular complexity index is 416. The first-order chi connectivity index (χ1) is 10.2. The molecule has 0 amide bonds. The van der Waals surface area contributed by atoms with E-state index in [-0.39, 0.29) is 12.4 Å². The lowest BCUT2D eigenvalue weighted by Gasteiger charge is -2.13. The molecule has 3 nitrogen and oxygen atoms in total. The lowest BCUT2D eigenvalue weighted by Crippen LogP contribution is -2.14. The second-order valence-electron chi connectivity index (χ2n) is 5.13. The van der Waals surface area contributed by atoms with Crippen LogP contribution in [-0.2, 0) is 6.54 Å². The van der Waals surface area contributed by atoms with Crippen LogP contribution in [-0.4, -0.2) is 20.3 Å². The molecule has 0 unspecified atom stereocenters. The molecule has 1 N–H and O–H groups in total. The molecule has 0 aromatic heterocycles. The molecule has 0 spiro atoms. The molecule has 5 heteroatoms. The molecule has 0 radical (unpaired) electrons. The summed E-state index contributed by atoms with van der Waals surface area (Å²) in [6, 6.07) is 4.14. The van der Waals surface area contributed by atoms with Crippen LogP contribution in [0.15, 0.2) is 16.6 Å². The third-order valence-electron chi connectivity index (χ3n) is 3.36. The van der Waals surface area contributed by atoms with Crippen molar-refractivity contribution in [2.45, 2.75) is 52.5 Å². The second kappa shape index (κ2) is 13.0. The van der Waals surface area contributed by atoms with E-state index in [4.69, 9.17) is 9.47 Å². The molecule has 0 saturated carbocycles. The molecule has 128 valence electrons. The standard InChI is InChI=1S/C17H28BrNO2.ClH/c1-4-6-7-8-9-10-19-13-14-11-15(18)17(21-5-2)16(12-14)20-3;/h11-12,19H,4-10,13H2,1-3H3;1H. The van der Waals surface area contributed by atoms with Crippen molar-refractivity contribution in [2.75, 3.05) is 20.3 Å². The summed E-state index contributed by atoms with van der Waals surface area (Å²) in [4.78, 5) is 0. The highest BCUT2D eigenvalue weighted by Gasteiger charge is 2.10. The molecule has 0 saturated heterocycles.